The molecular formula is C17H16N2O8S. The number of anilines is 1. The summed E-state index contributed by atoms with van der Waals surface area (Å²) in [7, 11) is -2.02. The van der Waals surface area contributed by atoms with Gasteiger partial charge in [0.15, 0.2) is 0 Å². The number of carbonyl (C=O) groups is 2. The number of benzene rings is 2. The second-order valence-corrected chi connectivity index (χ2v) is 7.24. The average Bonchev–Trinajstić information content (AvgIpc) is 2.71. The fourth-order valence-corrected chi connectivity index (χ4v) is 3.67. The molecule has 0 saturated heterocycles. The molecule has 2 aromatic rings. The molecule has 0 atom stereocenters. The second kappa shape index (κ2) is 8.48. The van der Waals surface area contributed by atoms with E-state index in [1.165, 1.54) is 31.4 Å². The molecule has 2 rings (SSSR count). The summed E-state index contributed by atoms with van der Waals surface area (Å²) in [4.78, 5) is 33.4. The number of ether oxygens (including phenoxy) is 2. The van der Waals surface area contributed by atoms with Crippen LogP contribution < -0.4 is 4.31 Å². The van der Waals surface area contributed by atoms with Gasteiger partial charge in [-0.2, -0.15) is 0 Å². The first-order chi connectivity index (χ1) is 13.2. The predicted octanol–water partition coefficient (Wildman–Crippen LogP) is 1.75. The Morgan fingerprint density at radius 1 is 1.07 bits per heavy atom. The van der Waals surface area contributed by atoms with Crippen LogP contribution in [-0.2, 0) is 24.3 Å². The Morgan fingerprint density at radius 3 is 2.25 bits per heavy atom. The van der Waals surface area contributed by atoms with Crippen molar-refractivity contribution in [3.63, 3.8) is 0 Å². The van der Waals surface area contributed by atoms with Gasteiger partial charge in [-0.3, -0.25) is 19.2 Å². The Hall–Kier alpha value is -3.47. The van der Waals surface area contributed by atoms with E-state index in [1.54, 1.807) is 0 Å². The van der Waals surface area contributed by atoms with Crippen LogP contribution in [-0.4, -0.2) is 46.0 Å². The molecule has 0 bridgehead atoms. The zero-order valence-electron chi connectivity index (χ0n) is 14.9. The highest BCUT2D eigenvalue weighted by Gasteiger charge is 2.28. The molecule has 0 aromatic heterocycles. The van der Waals surface area contributed by atoms with Gasteiger partial charge in [0.05, 0.1) is 35.3 Å². The van der Waals surface area contributed by atoms with Crippen molar-refractivity contribution in [2.75, 3.05) is 25.1 Å². The minimum Gasteiger partial charge on any atom is -0.468 e. The smallest absolute Gasteiger partial charge is 0.337 e. The molecule has 0 fully saturated rings. The van der Waals surface area contributed by atoms with Crippen molar-refractivity contribution in [1.29, 1.82) is 0 Å². The topological polar surface area (TPSA) is 133 Å². The number of esters is 2. The van der Waals surface area contributed by atoms with Gasteiger partial charge in [-0.05, 0) is 30.3 Å². The number of hydrogen-bond donors (Lipinski definition) is 0. The van der Waals surface area contributed by atoms with Gasteiger partial charge < -0.3 is 9.47 Å². The maximum Gasteiger partial charge on any atom is 0.337 e. The third kappa shape index (κ3) is 4.43. The highest BCUT2D eigenvalue weighted by molar-refractivity contribution is 7.92. The monoisotopic (exact) mass is 408 g/mol. The van der Waals surface area contributed by atoms with Crippen LogP contribution in [0.15, 0.2) is 53.4 Å². The van der Waals surface area contributed by atoms with E-state index in [-0.39, 0.29) is 21.8 Å². The Balaban J connectivity index is 2.54. The van der Waals surface area contributed by atoms with E-state index >= 15 is 0 Å². The quantitative estimate of drug-likeness (QED) is 0.384. The molecule has 148 valence electrons. The summed E-state index contributed by atoms with van der Waals surface area (Å²) in [5.41, 5.74) is -0.188. The second-order valence-electron chi connectivity index (χ2n) is 5.38. The first kappa shape index (κ1) is 20.8. The summed E-state index contributed by atoms with van der Waals surface area (Å²) in [6.45, 7) is -0.666. The molecule has 0 saturated carbocycles. The average molecular weight is 408 g/mol. The van der Waals surface area contributed by atoms with Crippen LogP contribution in [0.4, 0.5) is 11.4 Å². The van der Waals surface area contributed by atoms with Crippen LogP contribution in [0.3, 0.4) is 0 Å². The molecule has 0 heterocycles. The van der Waals surface area contributed by atoms with Gasteiger partial charge in [0, 0.05) is 12.1 Å². The van der Waals surface area contributed by atoms with Gasteiger partial charge in [-0.15, -0.1) is 0 Å². The molecule has 0 N–H and O–H groups in total. The number of sulfonamides is 1. The SMILES string of the molecule is COC(=O)CN(c1cccc(C(=O)OC)c1)S(=O)(=O)c1ccc([N+](=O)[O-])cc1. The number of rotatable bonds is 7. The normalized spacial score (nSPS) is 10.8. The van der Waals surface area contributed by atoms with Crippen LogP contribution in [0.25, 0.3) is 0 Å². The van der Waals surface area contributed by atoms with Gasteiger partial charge in [-0.1, -0.05) is 6.07 Å². The zero-order valence-corrected chi connectivity index (χ0v) is 15.7. The fourth-order valence-electron chi connectivity index (χ4n) is 2.27. The summed E-state index contributed by atoms with van der Waals surface area (Å²) >= 11 is 0. The number of nitrogens with zero attached hydrogens (tertiary/aromatic N) is 2. The molecule has 28 heavy (non-hydrogen) atoms. The number of hydrogen-bond acceptors (Lipinski definition) is 8. The minimum absolute atomic E-state index is 0.0200. The summed E-state index contributed by atoms with van der Waals surface area (Å²) in [6.07, 6.45) is 0. The molecule has 0 amide bonds. The van der Waals surface area contributed by atoms with Crippen molar-refractivity contribution in [3.8, 4) is 0 Å². The molecular weight excluding hydrogens is 392 g/mol. The van der Waals surface area contributed by atoms with Crippen LogP contribution in [0.2, 0.25) is 0 Å². The van der Waals surface area contributed by atoms with Gasteiger partial charge >= 0.3 is 11.9 Å². The molecule has 0 aliphatic rings. The molecule has 10 nitrogen and oxygen atoms in total. The molecule has 0 unspecified atom stereocenters. The van der Waals surface area contributed by atoms with Gasteiger partial charge in [0.1, 0.15) is 6.54 Å². The third-order valence-electron chi connectivity index (χ3n) is 3.69. The largest absolute Gasteiger partial charge is 0.468 e. The number of non-ortho nitro benzene ring substituents is 1. The number of nitro groups is 1. The van der Waals surface area contributed by atoms with Crippen molar-refractivity contribution < 1.29 is 32.4 Å². The number of carbonyl (C=O) groups excluding carboxylic acids is 2. The maximum atomic E-state index is 13.0. The molecule has 0 spiro atoms. The third-order valence-corrected chi connectivity index (χ3v) is 5.48. The van der Waals surface area contributed by atoms with Crippen LogP contribution in [0.1, 0.15) is 10.4 Å². The Morgan fingerprint density at radius 2 is 1.71 bits per heavy atom. The Kier molecular flexibility index (Phi) is 6.31. The highest BCUT2D eigenvalue weighted by atomic mass is 32.2. The van der Waals surface area contributed by atoms with Crippen LogP contribution >= 0.6 is 0 Å². The standard InChI is InChI=1S/C17H16N2O8S/c1-26-16(20)11-18(14-5-3-4-12(10-14)17(21)27-2)28(24,25)15-8-6-13(7-9-15)19(22)23/h3-10H,11H2,1-2H3. The summed E-state index contributed by atoms with van der Waals surface area (Å²) in [5, 5.41) is 10.8. The number of nitro benzene ring substituents is 1. The van der Waals surface area contributed by atoms with Crippen LogP contribution in [0.5, 0.6) is 0 Å². The lowest BCUT2D eigenvalue weighted by Crippen LogP contribution is -2.36. The first-order valence-electron chi connectivity index (χ1n) is 7.73. The van der Waals surface area contributed by atoms with Crippen molar-refractivity contribution in [2.45, 2.75) is 4.90 Å². The van der Waals surface area contributed by atoms with E-state index in [1.807, 2.05) is 0 Å². The Labute approximate surface area is 160 Å². The van der Waals surface area contributed by atoms with Gasteiger partial charge in [-0.25, -0.2) is 13.2 Å². The van der Waals surface area contributed by atoms with Gasteiger partial charge in [0.25, 0.3) is 15.7 Å². The molecule has 0 aliphatic heterocycles. The van der Waals surface area contributed by atoms with E-state index in [0.29, 0.717) is 0 Å². The van der Waals surface area contributed by atoms with Crippen LogP contribution in [0, 0.1) is 10.1 Å². The predicted molar refractivity (Wildman–Crippen MR) is 97.4 cm³/mol. The zero-order chi connectivity index (χ0) is 20.9. The highest BCUT2D eigenvalue weighted by Crippen LogP contribution is 2.26. The van der Waals surface area contributed by atoms with E-state index in [0.717, 1.165) is 35.7 Å². The minimum atomic E-state index is -4.29. The van der Waals surface area contributed by atoms with E-state index in [2.05, 4.69) is 9.47 Å². The lowest BCUT2D eigenvalue weighted by molar-refractivity contribution is -0.384. The van der Waals surface area contributed by atoms with Crippen molar-refractivity contribution in [1.82, 2.24) is 0 Å². The van der Waals surface area contributed by atoms with Crippen molar-refractivity contribution in [3.05, 3.63) is 64.2 Å². The molecule has 0 radical (unpaired) electrons. The molecule has 11 heteroatoms. The lowest BCUT2D eigenvalue weighted by Gasteiger charge is -2.23. The molecule has 2 aromatic carbocycles. The van der Waals surface area contributed by atoms with E-state index in [4.69, 9.17) is 0 Å². The van der Waals surface area contributed by atoms with Crippen molar-refractivity contribution >= 4 is 33.3 Å². The molecule has 0 aliphatic carbocycles. The Bertz CT molecular complexity index is 1000. The summed E-state index contributed by atoms with van der Waals surface area (Å²) in [5.74, 6) is -1.53. The summed E-state index contributed by atoms with van der Waals surface area (Å²) in [6, 6.07) is 9.67. The first-order valence-corrected chi connectivity index (χ1v) is 9.17. The summed E-state index contributed by atoms with van der Waals surface area (Å²) < 4.78 is 36.0. The lowest BCUT2D eigenvalue weighted by atomic mass is 10.2. The van der Waals surface area contributed by atoms with Gasteiger partial charge in [0.2, 0.25) is 0 Å². The number of methoxy groups -OCH3 is 2. The van der Waals surface area contributed by atoms with E-state index < -0.39 is 33.4 Å². The van der Waals surface area contributed by atoms with Crippen molar-refractivity contribution in [2.24, 2.45) is 0 Å². The van der Waals surface area contributed by atoms with E-state index in [9.17, 15) is 28.1 Å². The maximum absolute atomic E-state index is 13.0. The fraction of sp³-hybridized carbons (Fsp3) is 0.176.